The van der Waals surface area contributed by atoms with E-state index in [-0.39, 0.29) is 5.56 Å². The average Bonchev–Trinajstić information content (AvgIpc) is 2.41. The zero-order valence-electron chi connectivity index (χ0n) is 9.61. The summed E-state index contributed by atoms with van der Waals surface area (Å²) in [5, 5.41) is 14.5. The molecule has 90 valence electrons. The molecule has 0 aliphatic carbocycles. The summed E-state index contributed by atoms with van der Waals surface area (Å²) in [6.45, 7) is 0. The van der Waals surface area contributed by atoms with Crippen molar-refractivity contribution in [3.63, 3.8) is 0 Å². The van der Waals surface area contributed by atoms with Crippen LogP contribution in [0, 0.1) is 17.1 Å². The highest BCUT2D eigenvalue weighted by atomic mass is 19.1. The second-order valence-corrected chi connectivity index (χ2v) is 3.47. The van der Waals surface area contributed by atoms with E-state index in [1.807, 2.05) is 0 Å². The predicted octanol–water partition coefficient (Wildman–Crippen LogP) is 2.27. The number of nitrogens with one attached hydrogen (secondary N) is 2. The van der Waals surface area contributed by atoms with Crippen LogP contribution in [0.1, 0.15) is 5.56 Å². The van der Waals surface area contributed by atoms with Crippen LogP contribution in [0.15, 0.2) is 30.6 Å². The molecule has 5 nitrogen and oxygen atoms in total. The van der Waals surface area contributed by atoms with Gasteiger partial charge in [0.1, 0.15) is 17.7 Å². The van der Waals surface area contributed by atoms with Gasteiger partial charge in [-0.1, -0.05) is 0 Å². The van der Waals surface area contributed by atoms with Gasteiger partial charge in [0.05, 0.1) is 18.0 Å². The second-order valence-electron chi connectivity index (χ2n) is 3.47. The summed E-state index contributed by atoms with van der Waals surface area (Å²) >= 11 is 0. The van der Waals surface area contributed by atoms with Crippen molar-refractivity contribution in [1.82, 2.24) is 9.97 Å². The summed E-state index contributed by atoms with van der Waals surface area (Å²) in [6, 6.07) is 5.96. The molecule has 0 radical (unpaired) electrons. The minimum atomic E-state index is -0.543. The summed E-state index contributed by atoms with van der Waals surface area (Å²) < 4.78 is 13.1. The minimum Gasteiger partial charge on any atom is -0.372 e. The molecule has 0 aliphatic rings. The molecular formula is C12H10FN5. The van der Waals surface area contributed by atoms with Crippen LogP contribution in [-0.4, -0.2) is 17.0 Å². The molecule has 2 aromatic rings. The van der Waals surface area contributed by atoms with E-state index in [0.29, 0.717) is 17.3 Å². The third-order valence-corrected chi connectivity index (χ3v) is 2.25. The molecule has 0 bridgehead atoms. The summed E-state index contributed by atoms with van der Waals surface area (Å²) in [7, 11) is 1.74. The number of halogens is 1. The normalized spacial score (nSPS) is 9.61. The van der Waals surface area contributed by atoms with E-state index in [9.17, 15) is 4.39 Å². The van der Waals surface area contributed by atoms with Gasteiger partial charge in [-0.2, -0.15) is 5.26 Å². The molecule has 6 heteroatoms. The van der Waals surface area contributed by atoms with Crippen molar-refractivity contribution in [3.8, 4) is 6.07 Å². The van der Waals surface area contributed by atoms with Crippen molar-refractivity contribution in [2.24, 2.45) is 0 Å². The van der Waals surface area contributed by atoms with Gasteiger partial charge in [0, 0.05) is 12.7 Å². The number of rotatable bonds is 3. The molecule has 0 saturated heterocycles. The maximum absolute atomic E-state index is 13.1. The summed E-state index contributed by atoms with van der Waals surface area (Å²) in [5.41, 5.74) is 0.563. The maximum atomic E-state index is 13.1. The Bertz CT molecular complexity index is 606. The lowest BCUT2D eigenvalue weighted by atomic mass is 10.2. The zero-order chi connectivity index (χ0) is 13.0. The Morgan fingerprint density at radius 2 is 2.06 bits per heavy atom. The van der Waals surface area contributed by atoms with Crippen LogP contribution in [0.4, 0.5) is 21.7 Å². The van der Waals surface area contributed by atoms with Gasteiger partial charge in [-0.05, 0) is 18.2 Å². The molecule has 1 heterocycles. The Hall–Kier alpha value is -2.68. The van der Waals surface area contributed by atoms with Crippen molar-refractivity contribution in [2.45, 2.75) is 0 Å². The molecule has 0 unspecified atom stereocenters. The summed E-state index contributed by atoms with van der Waals surface area (Å²) in [6.07, 6.45) is 3.12. The second kappa shape index (κ2) is 5.10. The largest absolute Gasteiger partial charge is 0.372 e. The Labute approximate surface area is 103 Å². The van der Waals surface area contributed by atoms with Crippen molar-refractivity contribution >= 4 is 17.3 Å². The molecule has 2 N–H and O–H groups in total. The van der Waals surface area contributed by atoms with E-state index in [1.165, 1.54) is 24.4 Å². The molecule has 0 saturated carbocycles. The highest BCUT2D eigenvalue weighted by molar-refractivity contribution is 5.59. The van der Waals surface area contributed by atoms with Gasteiger partial charge in [0.25, 0.3) is 0 Å². The van der Waals surface area contributed by atoms with E-state index in [4.69, 9.17) is 5.26 Å². The van der Waals surface area contributed by atoms with Gasteiger partial charge in [0.15, 0.2) is 5.82 Å². The third-order valence-electron chi connectivity index (χ3n) is 2.25. The topological polar surface area (TPSA) is 73.6 Å². The predicted molar refractivity (Wildman–Crippen MR) is 66.0 cm³/mol. The number of nitrogens with zero attached hydrogens (tertiary/aromatic N) is 3. The van der Waals surface area contributed by atoms with Crippen LogP contribution in [0.2, 0.25) is 0 Å². The first-order chi connectivity index (χ1) is 8.72. The first-order valence-electron chi connectivity index (χ1n) is 5.19. The molecular weight excluding hydrogens is 233 g/mol. The molecule has 1 aromatic heterocycles. The summed E-state index contributed by atoms with van der Waals surface area (Å²) in [5.74, 6) is 0.582. The van der Waals surface area contributed by atoms with Gasteiger partial charge < -0.3 is 10.6 Å². The smallest absolute Gasteiger partial charge is 0.151 e. The van der Waals surface area contributed by atoms with E-state index in [1.54, 1.807) is 19.3 Å². The van der Waals surface area contributed by atoms with Gasteiger partial charge in [0.2, 0.25) is 0 Å². The molecule has 0 fully saturated rings. The molecule has 0 atom stereocenters. The molecule has 18 heavy (non-hydrogen) atoms. The third kappa shape index (κ3) is 2.52. The van der Waals surface area contributed by atoms with Crippen LogP contribution in [0.3, 0.4) is 0 Å². The molecule has 0 spiro atoms. The fourth-order valence-corrected chi connectivity index (χ4v) is 1.38. The van der Waals surface area contributed by atoms with Crippen LogP contribution < -0.4 is 10.6 Å². The number of hydrogen-bond donors (Lipinski definition) is 2. The zero-order valence-corrected chi connectivity index (χ0v) is 9.61. The van der Waals surface area contributed by atoms with E-state index in [0.717, 1.165) is 0 Å². The average molecular weight is 243 g/mol. The highest BCUT2D eigenvalue weighted by Crippen LogP contribution is 2.18. The van der Waals surface area contributed by atoms with Crippen LogP contribution >= 0.6 is 0 Å². The van der Waals surface area contributed by atoms with Crippen LogP contribution in [0.5, 0.6) is 0 Å². The van der Waals surface area contributed by atoms with Gasteiger partial charge >= 0.3 is 0 Å². The van der Waals surface area contributed by atoms with E-state index in [2.05, 4.69) is 20.6 Å². The van der Waals surface area contributed by atoms with Crippen LogP contribution in [-0.2, 0) is 0 Å². The number of hydrogen-bond acceptors (Lipinski definition) is 5. The lowest BCUT2D eigenvalue weighted by Gasteiger charge is -2.07. The molecule has 2 rings (SSSR count). The van der Waals surface area contributed by atoms with Gasteiger partial charge in [-0.3, -0.25) is 4.98 Å². The SMILES string of the molecule is CNc1cncc(Nc2ccc(F)c(C#N)c2)n1. The fraction of sp³-hybridized carbons (Fsp3) is 0.0833. The molecule has 1 aromatic carbocycles. The number of aromatic nitrogens is 2. The van der Waals surface area contributed by atoms with Gasteiger partial charge in [-0.15, -0.1) is 0 Å². The fourth-order valence-electron chi connectivity index (χ4n) is 1.38. The Morgan fingerprint density at radius 3 is 2.78 bits per heavy atom. The number of anilines is 3. The quantitative estimate of drug-likeness (QED) is 0.865. The van der Waals surface area contributed by atoms with E-state index < -0.39 is 5.82 Å². The standard InChI is InChI=1S/C12H10FN5/c1-15-11-6-16-7-12(18-11)17-9-2-3-10(13)8(4-9)5-14/h2-4,6-7H,1H3,(H2,15,17,18). The molecule has 0 aliphatic heterocycles. The van der Waals surface area contributed by atoms with Crippen molar-refractivity contribution in [3.05, 3.63) is 42.0 Å². The lowest BCUT2D eigenvalue weighted by molar-refractivity contribution is 0.624. The summed E-state index contributed by atoms with van der Waals surface area (Å²) in [4.78, 5) is 8.19. The Morgan fingerprint density at radius 1 is 1.28 bits per heavy atom. The van der Waals surface area contributed by atoms with Crippen LogP contribution in [0.25, 0.3) is 0 Å². The monoisotopic (exact) mass is 243 g/mol. The number of benzene rings is 1. The van der Waals surface area contributed by atoms with Crippen molar-refractivity contribution < 1.29 is 4.39 Å². The van der Waals surface area contributed by atoms with E-state index >= 15 is 0 Å². The number of nitriles is 1. The first-order valence-corrected chi connectivity index (χ1v) is 5.19. The highest BCUT2D eigenvalue weighted by Gasteiger charge is 2.04. The maximum Gasteiger partial charge on any atom is 0.151 e. The molecule has 0 amide bonds. The first kappa shape index (κ1) is 11.8. The lowest BCUT2D eigenvalue weighted by Crippen LogP contribution is -1.99. The minimum absolute atomic E-state index is 0.0160. The van der Waals surface area contributed by atoms with Crippen molar-refractivity contribution in [1.29, 1.82) is 5.26 Å². The van der Waals surface area contributed by atoms with Crippen molar-refractivity contribution in [2.75, 3.05) is 17.7 Å². The van der Waals surface area contributed by atoms with Gasteiger partial charge in [-0.25, -0.2) is 9.37 Å². The Balaban J connectivity index is 2.26. The Kier molecular flexibility index (Phi) is 3.34.